The van der Waals surface area contributed by atoms with E-state index < -0.39 is 12.0 Å². The van der Waals surface area contributed by atoms with Gasteiger partial charge < -0.3 is 5.11 Å². The molecule has 0 spiro atoms. The highest BCUT2D eigenvalue weighted by molar-refractivity contribution is 6.30. The fourth-order valence-corrected chi connectivity index (χ4v) is 3.35. The number of hydrogen-bond donors (Lipinski definition) is 1. The molecule has 2 unspecified atom stereocenters. The Kier molecular flexibility index (Phi) is 4.41. The number of carboxylic acids is 1. The molecule has 0 radical (unpaired) electrons. The Morgan fingerprint density at radius 3 is 2.82 bits per heavy atom. The summed E-state index contributed by atoms with van der Waals surface area (Å²) in [4.78, 5) is 17.8. The number of aromatic nitrogens is 1. The molecular formula is C17H17ClN2O2. The average Bonchev–Trinajstić information content (AvgIpc) is 2.98. The van der Waals surface area contributed by atoms with E-state index in [0.717, 1.165) is 24.1 Å². The van der Waals surface area contributed by atoms with Gasteiger partial charge in [-0.1, -0.05) is 29.8 Å². The lowest BCUT2D eigenvalue weighted by atomic mass is 9.97. The summed E-state index contributed by atoms with van der Waals surface area (Å²) in [6.45, 7) is 0.753. The number of aliphatic carboxylic acids is 1. The third kappa shape index (κ3) is 2.98. The van der Waals surface area contributed by atoms with Crippen LogP contribution in [0.4, 0.5) is 0 Å². The summed E-state index contributed by atoms with van der Waals surface area (Å²) in [6.07, 6.45) is 5.07. The highest BCUT2D eigenvalue weighted by Gasteiger charge is 2.36. The van der Waals surface area contributed by atoms with Crippen LogP contribution in [-0.4, -0.2) is 33.5 Å². The van der Waals surface area contributed by atoms with Gasteiger partial charge in [-0.25, -0.2) is 0 Å². The van der Waals surface area contributed by atoms with Crippen LogP contribution in [0.5, 0.6) is 0 Å². The lowest BCUT2D eigenvalue weighted by Gasteiger charge is -2.31. The minimum absolute atomic E-state index is 0.143. The minimum atomic E-state index is -0.770. The van der Waals surface area contributed by atoms with Crippen molar-refractivity contribution in [2.75, 3.05) is 6.54 Å². The zero-order valence-corrected chi connectivity index (χ0v) is 12.8. The second kappa shape index (κ2) is 6.46. The van der Waals surface area contributed by atoms with Crippen molar-refractivity contribution in [3.05, 3.63) is 64.9 Å². The summed E-state index contributed by atoms with van der Waals surface area (Å²) in [5, 5.41) is 10.1. The van der Waals surface area contributed by atoms with Gasteiger partial charge in [0.2, 0.25) is 0 Å². The molecule has 1 aromatic heterocycles. The maximum absolute atomic E-state index is 11.6. The van der Waals surface area contributed by atoms with Crippen LogP contribution in [0, 0.1) is 0 Å². The van der Waals surface area contributed by atoms with Gasteiger partial charge in [-0.05, 0) is 42.2 Å². The van der Waals surface area contributed by atoms with Crippen molar-refractivity contribution in [3.8, 4) is 0 Å². The van der Waals surface area contributed by atoms with Crippen LogP contribution in [-0.2, 0) is 4.79 Å². The maximum atomic E-state index is 11.6. The molecule has 1 fully saturated rings. The summed E-state index contributed by atoms with van der Waals surface area (Å²) in [5.74, 6) is -0.770. The van der Waals surface area contributed by atoms with Crippen molar-refractivity contribution in [1.29, 1.82) is 0 Å². The van der Waals surface area contributed by atoms with Gasteiger partial charge in [0.1, 0.15) is 6.04 Å². The Labute approximate surface area is 134 Å². The largest absolute Gasteiger partial charge is 0.480 e. The van der Waals surface area contributed by atoms with E-state index in [2.05, 4.69) is 4.98 Å². The van der Waals surface area contributed by atoms with Crippen LogP contribution in [0.3, 0.4) is 0 Å². The van der Waals surface area contributed by atoms with Crippen molar-refractivity contribution in [2.45, 2.75) is 24.9 Å². The van der Waals surface area contributed by atoms with Gasteiger partial charge in [0.25, 0.3) is 0 Å². The zero-order valence-electron chi connectivity index (χ0n) is 12.0. The Morgan fingerprint density at radius 2 is 2.14 bits per heavy atom. The monoisotopic (exact) mass is 316 g/mol. The van der Waals surface area contributed by atoms with E-state index in [-0.39, 0.29) is 6.04 Å². The Bertz CT molecular complexity index is 663. The molecule has 0 aliphatic carbocycles. The van der Waals surface area contributed by atoms with E-state index in [0.29, 0.717) is 11.4 Å². The van der Waals surface area contributed by atoms with Crippen LogP contribution in [0.1, 0.15) is 30.0 Å². The van der Waals surface area contributed by atoms with E-state index in [4.69, 9.17) is 11.6 Å². The fraction of sp³-hybridized carbons (Fsp3) is 0.294. The third-order valence-electron chi connectivity index (χ3n) is 4.08. The van der Waals surface area contributed by atoms with Crippen LogP contribution in [0.25, 0.3) is 0 Å². The molecule has 1 aliphatic rings. The van der Waals surface area contributed by atoms with Crippen LogP contribution in [0.2, 0.25) is 5.02 Å². The van der Waals surface area contributed by atoms with Gasteiger partial charge in [0, 0.05) is 24.0 Å². The normalized spacial score (nSPS) is 20.0. The molecule has 114 valence electrons. The lowest BCUT2D eigenvalue weighted by molar-refractivity contribution is -0.142. The molecule has 0 amide bonds. The molecular weight excluding hydrogens is 300 g/mol. The highest BCUT2D eigenvalue weighted by atomic mass is 35.5. The summed E-state index contributed by atoms with van der Waals surface area (Å²) in [6, 6.07) is 10.9. The van der Waals surface area contributed by atoms with E-state index in [1.165, 1.54) is 0 Å². The second-order valence-electron chi connectivity index (χ2n) is 5.48. The van der Waals surface area contributed by atoms with E-state index in [1.807, 2.05) is 41.3 Å². The number of halogens is 1. The molecule has 22 heavy (non-hydrogen) atoms. The Morgan fingerprint density at radius 1 is 1.32 bits per heavy atom. The molecule has 4 nitrogen and oxygen atoms in total. The summed E-state index contributed by atoms with van der Waals surface area (Å²) >= 11 is 6.13. The van der Waals surface area contributed by atoms with Crippen LogP contribution < -0.4 is 0 Å². The van der Waals surface area contributed by atoms with Crippen molar-refractivity contribution in [2.24, 2.45) is 0 Å². The molecule has 1 saturated heterocycles. The Balaban J connectivity index is 2.05. The average molecular weight is 317 g/mol. The number of hydrogen-bond acceptors (Lipinski definition) is 3. The predicted octanol–water partition coefficient (Wildman–Crippen LogP) is 3.37. The van der Waals surface area contributed by atoms with Gasteiger partial charge in [-0.2, -0.15) is 0 Å². The van der Waals surface area contributed by atoms with E-state index in [1.54, 1.807) is 12.4 Å². The maximum Gasteiger partial charge on any atom is 0.320 e. The first-order valence-corrected chi connectivity index (χ1v) is 7.68. The van der Waals surface area contributed by atoms with E-state index >= 15 is 0 Å². The first-order chi connectivity index (χ1) is 10.7. The quantitative estimate of drug-likeness (QED) is 0.939. The topological polar surface area (TPSA) is 53.4 Å². The molecule has 0 bridgehead atoms. The summed E-state index contributed by atoms with van der Waals surface area (Å²) < 4.78 is 0. The molecule has 1 N–H and O–H groups in total. The lowest BCUT2D eigenvalue weighted by Crippen LogP contribution is -2.39. The number of likely N-dealkylation sites (tertiary alicyclic amines) is 1. The standard InChI is InChI=1S/C17H17ClN2O2/c18-14-6-1-4-12(10-14)16(13-5-2-8-19-11-13)20-9-3-7-15(20)17(21)22/h1-2,4-6,8,10-11,15-16H,3,7,9H2,(H,21,22). The molecule has 3 rings (SSSR count). The SMILES string of the molecule is O=C(O)C1CCCN1C(c1cccnc1)c1cccc(Cl)c1. The molecule has 0 saturated carbocycles. The second-order valence-corrected chi connectivity index (χ2v) is 5.91. The Hall–Kier alpha value is -1.91. The number of carboxylic acid groups (broad SMARTS) is 1. The first-order valence-electron chi connectivity index (χ1n) is 7.31. The van der Waals surface area contributed by atoms with Crippen molar-refractivity contribution >= 4 is 17.6 Å². The summed E-state index contributed by atoms with van der Waals surface area (Å²) in [5.41, 5.74) is 1.98. The molecule has 2 heterocycles. The van der Waals surface area contributed by atoms with Gasteiger partial charge >= 0.3 is 5.97 Å². The zero-order chi connectivity index (χ0) is 15.5. The fourth-order valence-electron chi connectivity index (χ4n) is 3.15. The van der Waals surface area contributed by atoms with Gasteiger partial charge in [0.05, 0.1) is 6.04 Å². The van der Waals surface area contributed by atoms with Gasteiger partial charge in [-0.15, -0.1) is 0 Å². The van der Waals surface area contributed by atoms with Crippen molar-refractivity contribution < 1.29 is 9.90 Å². The summed E-state index contributed by atoms with van der Waals surface area (Å²) in [7, 11) is 0. The number of pyridine rings is 1. The third-order valence-corrected chi connectivity index (χ3v) is 4.31. The van der Waals surface area contributed by atoms with Crippen molar-refractivity contribution in [1.82, 2.24) is 9.88 Å². The van der Waals surface area contributed by atoms with Gasteiger partial charge in [0.15, 0.2) is 0 Å². The molecule has 2 atom stereocenters. The molecule has 1 aromatic carbocycles. The van der Waals surface area contributed by atoms with Crippen LogP contribution >= 0.6 is 11.6 Å². The molecule has 2 aromatic rings. The number of carbonyl (C=O) groups is 1. The predicted molar refractivity (Wildman–Crippen MR) is 84.9 cm³/mol. The minimum Gasteiger partial charge on any atom is -0.480 e. The van der Waals surface area contributed by atoms with Gasteiger partial charge in [-0.3, -0.25) is 14.7 Å². The highest BCUT2D eigenvalue weighted by Crippen LogP contribution is 2.35. The number of benzene rings is 1. The van der Waals surface area contributed by atoms with Crippen molar-refractivity contribution in [3.63, 3.8) is 0 Å². The van der Waals surface area contributed by atoms with E-state index in [9.17, 15) is 9.90 Å². The molecule has 5 heteroatoms. The molecule has 1 aliphatic heterocycles. The number of nitrogens with zero attached hydrogens (tertiary/aromatic N) is 2. The first kappa shape index (κ1) is 15.0. The smallest absolute Gasteiger partial charge is 0.320 e. The van der Waals surface area contributed by atoms with Crippen LogP contribution in [0.15, 0.2) is 48.8 Å². The number of rotatable bonds is 4.